The number of carbonyl (C=O) groups excluding carboxylic acids is 1. The summed E-state index contributed by atoms with van der Waals surface area (Å²) in [5.74, 6) is -0.318. The molecule has 0 saturated carbocycles. The van der Waals surface area contributed by atoms with Gasteiger partial charge in [-0.25, -0.2) is 4.79 Å². The molecule has 1 aromatic carbocycles. The Hall–Kier alpha value is -1.07. The predicted molar refractivity (Wildman–Crippen MR) is 72.1 cm³/mol. The molecule has 0 aliphatic heterocycles. The van der Waals surface area contributed by atoms with E-state index in [1.807, 2.05) is 12.3 Å². The lowest BCUT2D eigenvalue weighted by Crippen LogP contribution is -2.07. The molecule has 0 bridgehead atoms. The highest BCUT2D eigenvalue weighted by atomic mass is 32.2. The van der Waals surface area contributed by atoms with E-state index in [-0.39, 0.29) is 5.97 Å². The van der Waals surface area contributed by atoms with E-state index < -0.39 is 0 Å². The zero-order chi connectivity index (χ0) is 12.0. The normalized spacial score (nSPS) is 9.62. The number of hydrogen-bond acceptors (Lipinski definition) is 4. The van der Waals surface area contributed by atoms with Crippen molar-refractivity contribution in [2.24, 2.45) is 0 Å². The van der Waals surface area contributed by atoms with Gasteiger partial charge in [0.25, 0.3) is 0 Å². The molecule has 0 atom stereocenters. The van der Waals surface area contributed by atoms with E-state index in [4.69, 9.17) is 17.0 Å². The zero-order valence-corrected chi connectivity index (χ0v) is 10.8. The first-order chi connectivity index (χ1) is 7.67. The molecule has 3 nitrogen and oxygen atoms in total. The van der Waals surface area contributed by atoms with Crippen LogP contribution < -0.4 is 5.32 Å². The minimum absolute atomic E-state index is 0.318. The Kier molecular flexibility index (Phi) is 5.28. The molecule has 0 saturated heterocycles. The average molecular weight is 255 g/mol. The summed E-state index contributed by atoms with van der Waals surface area (Å²) >= 11 is 6.48. The molecule has 0 aromatic heterocycles. The van der Waals surface area contributed by atoms with Crippen molar-refractivity contribution in [1.82, 2.24) is 0 Å². The largest absolute Gasteiger partial charge is 0.462 e. The third-order valence-electron chi connectivity index (χ3n) is 1.81. The van der Waals surface area contributed by atoms with E-state index in [2.05, 4.69) is 5.32 Å². The highest BCUT2D eigenvalue weighted by Gasteiger charge is 2.06. The Morgan fingerprint density at radius 2 is 2.31 bits per heavy atom. The van der Waals surface area contributed by atoms with Crippen LogP contribution in [0.4, 0.5) is 5.69 Å². The van der Waals surface area contributed by atoms with Crippen molar-refractivity contribution in [3.05, 3.63) is 29.8 Å². The maximum atomic E-state index is 11.5. The zero-order valence-electron chi connectivity index (χ0n) is 9.15. The van der Waals surface area contributed by atoms with Gasteiger partial charge in [-0.05, 0) is 31.4 Å². The molecule has 0 fully saturated rings. The highest BCUT2D eigenvalue weighted by Crippen LogP contribution is 2.13. The second-order valence-electron chi connectivity index (χ2n) is 2.92. The molecule has 86 valence electrons. The Balaban J connectivity index is 2.78. The van der Waals surface area contributed by atoms with E-state index in [0.29, 0.717) is 16.5 Å². The van der Waals surface area contributed by atoms with Crippen LogP contribution in [-0.2, 0) is 4.74 Å². The molecule has 1 N–H and O–H groups in total. The minimum atomic E-state index is -0.318. The summed E-state index contributed by atoms with van der Waals surface area (Å²) in [6.45, 7) is 2.16. The third kappa shape index (κ3) is 3.83. The highest BCUT2D eigenvalue weighted by molar-refractivity contribution is 8.22. The fourth-order valence-corrected chi connectivity index (χ4v) is 1.44. The molecule has 0 amide bonds. The number of esters is 1. The molecule has 16 heavy (non-hydrogen) atoms. The molecular formula is C11H13NO2S2. The van der Waals surface area contributed by atoms with Crippen molar-refractivity contribution in [3.63, 3.8) is 0 Å². The van der Waals surface area contributed by atoms with Crippen LogP contribution in [0.3, 0.4) is 0 Å². The molecule has 0 unspecified atom stereocenters. The summed E-state index contributed by atoms with van der Waals surface area (Å²) in [6, 6.07) is 7.08. The second-order valence-corrected chi connectivity index (χ2v) is 4.40. The molecule has 0 aliphatic rings. The van der Waals surface area contributed by atoms with Gasteiger partial charge >= 0.3 is 5.97 Å². The SMILES string of the molecule is CCOC(=O)c1cccc(NC(=S)SC)c1. The monoisotopic (exact) mass is 255 g/mol. The Morgan fingerprint density at radius 3 is 2.94 bits per heavy atom. The Morgan fingerprint density at radius 1 is 1.56 bits per heavy atom. The van der Waals surface area contributed by atoms with Gasteiger partial charge in [0.2, 0.25) is 0 Å². The van der Waals surface area contributed by atoms with E-state index in [9.17, 15) is 4.79 Å². The van der Waals surface area contributed by atoms with Crippen LogP contribution in [0, 0.1) is 0 Å². The van der Waals surface area contributed by atoms with Crippen LogP contribution in [0.15, 0.2) is 24.3 Å². The number of hydrogen-bond donors (Lipinski definition) is 1. The number of anilines is 1. The first-order valence-electron chi connectivity index (χ1n) is 4.79. The van der Waals surface area contributed by atoms with Crippen LogP contribution in [0.2, 0.25) is 0 Å². The van der Waals surface area contributed by atoms with Gasteiger partial charge in [-0.2, -0.15) is 0 Å². The van der Waals surface area contributed by atoms with Crippen molar-refractivity contribution < 1.29 is 9.53 Å². The topological polar surface area (TPSA) is 38.3 Å². The standard InChI is InChI=1S/C11H13NO2S2/c1-3-14-10(13)8-5-4-6-9(7-8)12-11(15)16-2/h4-7H,3H2,1-2H3,(H,12,15). The van der Waals surface area contributed by atoms with E-state index in [0.717, 1.165) is 5.69 Å². The summed E-state index contributed by atoms with van der Waals surface area (Å²) in [4.78, 5) is 11.5. The number of thiocarbonyl (C=S) groups is 1. The van der Waals surface area contributed by atoms with Gasteiger partial charge in [-0.1, -0.05) is 18.3 Å². The summed E-state index contributed by atoms with van der Waals surface area (Å²) in [5, 5.41) is 3.02. The van der Waals surface area contributed by atoms with Crippen LogP contribution in [-0.4, -0.2) is 23.2 Å². The van der Waals surface area contributed by atoms with Gasteiger partial charge in [-0.3, -0.25) is 0 Å². The average Bonchev–Trinajstić information content (AvgIpc) is 2.29. The number of benzene rings is 1. The molecular weight excluding hydrogens is 242 g/mol. The smallest absolute Gasteiger partial charge is 0.338 e. The fourth-order valence-electron chi connectivity index (χ4n) is 1.11. The molecule has 5 heteroatoms. The fraction of sp³-hybridized carbons (Fsp3) is 0.273. The maximum Gasteiger partial charge on any atom is 0.338 e. The lowest BCUT2D eigenvalue weighted by molar-refractivity contribution is 0.0526. The second kappa shape index (κ2) is 6.50. The minimum Gasteiger partial charge on any atom is -0.462 e. The Labute approximate surface area is 105 Å². The van der Waals surface area contributed by atoms with E-state index in [1.165, 1.54) is 11.8 Å². The van der Waals surface area contributed by atoms with Gasteiger partial charge in [0.05, 0.1) is 12.2 Å². The van der Waals surface area contributed by atoms with Gasteiger partial charge in [0.15, 0.2) is 0 Å². The Bertz CT molecular complexity index is 393. The predicted octanol–water partition coefficient (Wildman–Crippen LogP) is 2.92. The maximum absolute atomic E-state index is 11.5. The molecule has 0 radical (unpaired) electrons. The summed E-state index contributed by atoms with van der Waals surface area (Å²) < 4.78 is 5.58. The number of nitrogens with one attached hydrogen (secondary N) is 1. The number of ether oxygens (including phenoxy) is 1. The number of carbonyl (C=O) groups is 1. The third-order valence-corrected chi connectivity index (χ3v) is 2.88. The van der Waals surface area contributed by atoms with Gasteiger partial charge in [-0.15, -0.1) is 11.8 Å². The summed E-state index contributed by atoms with van der Waals surface area (Å²) in [5.41, 5.74) is 1.32. The van der Waals surface area contributed by atoms with Gasteiger partial charge < -0.3 is 10.1 Å². The van der Waals surface area contributed by atoms with Crippen molar-refractivity contribution in [2.75, 3.05) is 18.2 Å². The summed E-state index contributed by atoms with van der Waals surface area (Å²) in [7, 11) is 0. The molecule has 0 aliphatic carbocycles. The molecule has 0 spiro atoms. The van der Waals surface area contributed by atoms with Crippen molar-refractivity contribution in [1.29, 1.82) is 0 Å². The first-order valence-corrected chi connectivity index (χ1v) is 6.42. The van der Waals surface area contributed by atoms with Gasteiger partial charge in [0.1, 0.15) is 4.32 Å². The van der Waals surface area contributed by atoms with Crippen molar-refractivity contribution in [3.8, 4) is 0 Å². The molecule has 1 aromatic rings. The number of rotatable bonds is 3. The van der Waals surface area contributed by atoms with Crippen LogP contribution in [0.1, 0.15) is 17.3 Å². The van der Waals surface area contributed by atoms with E-state index >= 15 is 0 Å². The van der Waals surface area contributed by atoms with E-state index in [1.54, 1.807) is 25.1 Å². The first kappa shape index (κ1) is 13.0. The van der Waals surface area contributed by atoms with Gasteiger partial charge in [0, 0.05) is 5.69 Å². The van der Waals surface area contributed by atoms with Crippen LogP contribution in [0.5, 0.6) is 0 Å². The number of thioether (sulfide) groups is 1. The molecule has 0 heterocycles. The van der Waals surface area contributed by atoms with Crippen LogP contribution in [0.25, 0.3) is 0 Å². The lowest BCUT2D eigenvalue weighted by atomic mass is 10.2. The van der Waals surface area contributed by atoms with Crippen molar-refractivity contribution >= 4 is 40.0 Å². The summed E-state index contributed by atoms with van der Waals surface area (Å²) in [6.07, 6.45) is 1.89. The quantitative estimate of drug-likeness (QED) is 0.664. The lowest BCUT2D eigenvalue weighted by Gasteiger charge is -2.07. The molecule has 1 rings (SSSR count). The van der Waals surface area contributed by atoms with Crippen molar-refractivity contribution in [2.45, 2.75) is 6.92 Å². The van der Waals surface area contributed by atoms with Crippen LogP contribution >= 0.6 is 24.0 Å².